The Balaban J connectivity index is 1.31. The molecule has 1 aliphatic rings. The molecule has 0 unspecified atom stereocenters. The van der Waals surface area contributed by atoms with Crippen molar-refractivity contribution in [1.29, 1.82) is 0 Å². The minimum absolute atomic E-state index is 0.00759. The van der Waals surface area contributed by atoms with Gasteiger partial charge < -0.3 is 0 Å². The lowest BCUT2D eigenvalue weighted by atomic mass is 9.73. The predicted molar refractivity (Wildman–Crippen MR) is 191 cm³/mol. The first-order valence-corrected chi connectivity index (χ1v) is 16.3. The van der Waals surface area contributed by atoms with Crippen molar-refractivity contribution >= 4 is 32.3 Å². The Kier molecular flexibility index (Phi) is 5.89. The molecule has 216 valence electrons. The van der Waals surface area contributed by atoms with Crippen LogP contribution in [0.5, 0.6) is 0 Å². The van der Waals surface area contributed by atoms with Crippen LogP contribution in [0.3, 0.4) is 0 Å². The maximum atomic E-state index is 2.53. The van der Waals surface area contributed by atoms with Crippen molar-refractivity contribution in [2.75, 3.05) is 0 Å². The van der Waals surface area contributed by atoms with E-state index in [1.165, 1.54) is 88.0 Å². The highest BCUT2D eigenvalue weighted by atomic mass is 14.4. The van der Waals surface area contributed by atoms with Crippen molar-refractivity contribution in [3.8, 4) is 33.4 Å². The van der Waals surface area contributed by atoms with E-state index in [9.17, 15) is 0 Å². The van der Waals surface area contributed by atoms with Crippen LogP contribution in [0.25, 0.3) is 65.7 Å². The fraction of sp³-hybridized carbons (Fsp3) is 0.227. The molecule has 0 fully saturated rings. The summed E-state index contributed by atoms with van der Waals surface area (Å²) < 4.78 is 0. The fourth-order valence-corrected chi connectivity index (χ4v) is 8.18. The summed E-state index contributed by atoms with van der Waals surface area (Å²) in [7, 11) is 0. The van der Waals surface area contributed by atoms with E-state index in [0.29, 0.717) is 0 Å². The second-order valence-corrected chi connectivity index (χ2v) is 14.1. The molecular weight excluding hydrogens is 528 g/mol. The third-order valence-electron chi connectivity index (χ3n) is 10.7. The maximum absolute atomic E-state index is 2.53. The Labute approximate surface area is 261 Å². The smallest absolute Gasteiger partial charge is 0.0210 e. The molecule has 0 amide bonds. The van der Waals surface area contributed by atoms with Gasteiger partial charge in [0.15, 0.2) is 0 Å². The van der Waals surface area contributed by atoms with Crippen molar-refractivity contribution in [3.63, 3.8) is 0 Å². The summed E-state index contributed by atoms with van der Waals surface area (Å²) in [5, 5.41) is 8.13. The van der Waals surface area contributed by atoms with Gasteiger partial charge >= 0.3 is 0 Å². The first-order chi connectivity index (χ1) is 21.2. The lowest BCUT2D eigenvalue weighted by molar-refractivity contribution is 0.491. The largest absolute Gasteiger partial charge is 0.0642 e. The normalized spacial score (nSPS) is 14.0. The molecule has 1 aliphatic carbocycles. The van der Waals surface area contributed by atoms with Crippen LogP contribution in [0.2, 0.25) is 0 Å². The highest BCUT2D eigenvalue weighted by Crippen LogP contribution is 2.54. The Morgan fingerprint density at radius 2 is 1.09 bits per heavy atom. The third-order valence-corrected chi connectivity index (χ3v) is 10.7. The van der Waals surface area contributed by atoms with E-state index in [0.717, 1.165) is 12.8 Å². The van der Waals surface area contributed by atoms with Gasteiger partial charge in [-0.25, -0.2) is 0 Å². The minimum atomic E-state index is 0.00759. The van der Waals surface area contributed by atoms with Crippen molar-refractivity contribution < 1.29 is 0 Å². The number of rotatable bonds is 4. The summed E-state index contributed by atoms with van der Waals surface area (Å²) in [6, 6.07) is 42.2. The van der Waals surface area contributed by atoms with Crippen LogP contribution in [-0.2, 0) is 10.8 Å². The topological polar surface area (TPSA) is 0 Å². The van der Waals surface area contributed by atoms with Gasteiger partial charge in [-0.3, -0.25) is 0 Å². The highest BCUT2D eigenvalue weighted by Gasteiger charge is 2.41. The Bertz CT molecular complexity index is 2210. The van der Waals surface area contributed by atoms with E-state index < -0.39 is 0 Å². The molecule has 0 N–H and O–H groups in total. The molecule has 7 aromatic rings. The molecule has 0 spiro atoms. The molecule has 0 heteroatoms. The molecule has 0 heterocycles. The summed E-state index contributed by atoms with van der Waals surface area (Å²) in [4.78, 5) is 0. The van der Waals surface area contributed by atoms with Crippen molar-refractivity contribution in [2.24, 2.45) is 0 Å². The van der Waals surface area contributed by atoms with Gasteiger partial charge in [0.2, 0.25) is 0 Å². The standard InChI is InChI=1S/C44H40/c1-7-44(8-2)39-25-30(29-11-9-10-27(3)22-29)15-19-36(39)37-20-16-31(26-40(37)44)35-18-14-28-12-13-32-23-34(43(4,5)6)24-33-17-21-38(35)42(28)41(32)33/h9-26H,7-8H2,1-6H3. The number of aryl methyl sites for hydroxylation is 1. The van der Waals surface area contributed by atoms with Gasteiger partial charge in [0.1, 0.15) is 0 Å². The van der Waals surface area contributed by atoms with Gasteiger partial charge in [-0.1, -0.05) is 137 Å². The molecule has 0 saturated carbocycles. The van der Waals surface area contributed by atoms with Crippen molar-refractivity contribution in [2.45, 2.75) is 65.2 Å². The zero-order valence-corrected chi connectivity index (χ0v) is 26.8. The molecule has 44 heavy (non-hydrogen) atoms. The van der Waals surface area contributed by atoms with Crippen LogP contribution in [0.4, 0.5) is 0 Å². The van der Waals surface area contributed by atoms with Gasteiger partial charge in [0.05, 0.1) is 0 Å². The molecule has 0 atom stereocenters. The molecule has 0 aliphatic heterocycles. The fourth-order valence-electron chi connectivity index (χ4n) is 8.18. The van der Waals surface area contributed by atoms with E-state index in [-0.39, 0.29) is 10.8 Å². The number of hydrogen-bond donors (Lipinski definition) is 0. The third kappa shape index (κ3) is 3.83. The van der Waals surface area contributed by atoms with E-state index in [1.54, 1.807) is 0 Å². The highest BCUT2D eigenvalue weighted by molar-refractivity contribution is 6.25. The molecule has 8 rings (SSSR count). The van der Waals surface area contributed by atoms with Gasteiger partial charge in [-0.2, -0.15) is 0 Å². The predicted octanol–water partition coefficient (Wildman–Crippen LogP) is 12.6. The number of benzene rings is 7. The van der Waals surface area contributed by atoms with Crippen molar-refractivity contribution in [1.82, 2.24) is 0 Å². The first-order valence-electron chi connectivity index (χ1n) is 16.3. The van der Waals surface area contributed by atoms with Gasteiger partial charge in [0, 0.05) is 5.41 Å². The zero-order valence-electron chi connectivity index (χ0n) is 26.8. The van der Waals surface area contributed by atoms with Crippen LogP contribution >= 0.6 is 0 Å². The zero-order chi connectivity index (χ0) is 30.4. The summed E-state index contributed by atoms with van der Waals surface area (Å²) in [6.07, 6.45) is 2.16. The van der Waals surface area contributed by atoms with E-state index >= 15 is 0 Å². The lowest BCUT2D eigenvalue weighted by Gasteiger charge is -2.30. The molecule has 0 bridgehead atoms. The Morgan fingerprint density at radius 3 is 1.75 bits per heavy atom. The Hall–Kier alpha value is -4.42. The van der Waals surface area contributed by atoms with Gasteiger partial charge in [-0.05, 0) is 120 Å². The SMILES string of the molecule is CCC1(CC)c2cc(-c3cccc(C)c3)ccc2-c2ccc(-c3ccc4ccc5cc(C(C)(C)C)cc6ccc3c4c56)cc21. The quantitative estimate of drug-likeness (QED) is 0.185. The molecule has 0 aromatic heterocycles. The number of fused-ring (bicyclic) bond motifs is 3. The van der Waals surface area contributed by atoms with Gasteiger partial charge in [0.25, 0.3) is 0 Å². The second-order valence-electron chi connectivity index (χ2n) is 14.1. The van der Waals surface area contributed by atoms with Crippen LogP contribution in [0.1, 0.15) is 69.7 Å². The average molecular weight is 569 g/mol. The molecular formula is C44H40. The summed E-state index contributed by atoms with van der Waals surface area (Å²) in [5.74, 6) is 0. The summed E-state index contributed by atoms with van der Waals surface area (Å²) >= 11 is 0. The minimum Gasteiger partial charge on any atom is -0.0642 e. The van der Waals surface area contributed by atoms with E-state index in [4.69, 9.17) is 0 Å². The van der Waals surface area contributed by atoms with Gasteiger partial charge in [-0.15, -0.1) is 0 Å². The second kappa shape index (κ2) is 9.54. The molecule has 0 saturated heterocycles. The average Bonchev–Trinajstić information content (AvgIpc) is 3.31. The summed E-state index contributed by atoms with van der Waals surface area (Å²) in [5.41, 5.74) is 13.8. The van der Waals surface area contributed by atoms with Crippen LogP contribution < -0.4 is 0 Å². The van der Waals surface area contributed by atoms with E-state index in [2.05, 4.69) is 151 Å². The van der Waals surface area contributed by atoms with Crippen LogP contribution in [0.15, 0.2) is 109 Å². The van der Waals surface area contributed by atoms with Crippen LogP contribution in [0, 0.1) is 6.92 Å². The summed E-state index contributed by atoms with van der Waals surface area (Å²) in [6.45, 7) is 13.8. The molecule has 7 aromatic carbocycles. The monoisotopic (exact) mass is 568 g/mol. The van der Waals surface area contributed by atoms with Crippen LogP contribution in [-0.4, -0.2) is 0 Å². The number of hydrogen-bond acceptors (Lipinski definition) is 0. The lowest BCUT2D eigenvalue weighted by Crippen LogP contribution is -2.23. The Morgan fingerprint density at radius 1 is 0.523 bits per heavy atom. The molecule has 0 radical (unpaired) electrons. The van der Waals surface area contributed by atoms with E-state index in [1.807, 2.05) is 0 Å². The van der Waals surface area contributed by atoms with Crippen molar-refractivity contribution in [3.05, 3.63) is 131 Å². The first kappa shape index (κ1) is 27.2. The molecule has 0 nitrogen and oxygen atoms in total. The maximum Gasteiger partial charge on any atom is 0.0210 e.